The number of nitrogens with one attached hydrogen (secondary N) is 1. The van der Waals surface area contributed by atoms with Crippen LogP contribution in [-0.2, 0) is 14.8 Å². The summed E-state index contributed by atoms with van der Waals surface area (Å²) in [6, 6.07) is 19.8. The van der Waals surface area contributed by atoms with Crippen molar-refractivity contribution in [2.75, 3.05) is 24.0 Å². The van der Waals surface area contributed by atoms with Crippen molar-refractivity contribution < 1.29 is 17.9 Å². The normalized spacial score (nSPS) is 11.1. The highest BCUT2D eigenvalue weighted by molar-refractivity contribution is 7.92. The summed E-state index contributed by atoms with van der Waals surface area (Å²) in [6.07, 6.45) is 0. The minimum atomic E-state index is -4.00. The lowest BCUT2D eigenvalue weighted by Crippen LogP contribution is -2.42. The predicted octanol–water partition coefficient (Wildman–Crippen LogP) is 4.69. The maximum Gasteiger partial charge on any atom is 0.264 e. The molecule has 6 nitrogen and oxygen atoms in total. The highest BCUT2D eigenvalue weighted by Gasteiger charge is 2.27. The van der Waals surface area contributed by atoms with Gasteiger partial charge in [-0.2, -0.15) is 0 Å². The van der Waals surface area contributed by atoms with Crippen molar-refractivity contribution in [3.63, 3.8) is 0 Å². The molecule has 0 aliphatic heterocycles. The van der Waals surface area contributed by atoms with Crippen molar-refractivity contribution in [1.82, 2.24) is 5.32 Å². The highest BCUT2D eigenvalue weighted by Crippen LogP contribution is 2.25. The third-order valence-corrected chi connectivity index (χ3v) is 6.85. The number of sulfonamides is 1. The zero-order valence-electron chi connectivity index (χ0n) is 17.3. The molecule has 168 valence electrons. The summed E-state index contributed by atoms with van der Waals surface area (Å²) in [7, 11) is -4.00. The number of halogens is 2. The number of hydrogen-bond donors (Lipinski definition) is 1. The SMILES string of the molecule is Cc1cccc(N(CC(=O)NCCOc2ccccc2Cl)S(=O)(=O)c2ccc(Cl)cc2)c1. The molecule has 0 aliphatic rings. The number of nitrogens with zero attached hydrogens (tertiary/aromatic N) is 1. The van der Waals surface area contributed by atoms with Crippen molar-refractivity contribution >= 4 is 44.8 Å². The Morgan fingerprint density at radius 2 is 1.72 bits per heavy atom. The quantitative estimate of drug-likeness (QED) is 0.439. The standard InChI is InChI=1S/C23H22Cl2N2O4S/c1-17-5-4-6-19(15-17)27(32(29,30)20-11-9-18(24)10-12-20)16-23(28)26-13-14-31-22-8-3-2-7-21(22)25/h2-12,15H,13-14,16H2,1H3,(H,26,28). The lowest BCUT2D eigenvalue weighted by molar-refractivity contribution is -0.119. The Labute approximate surface area is 197 Å². The zero-order valence-corrected chi connectivity index (χ0v) is 19.6. The Hall–Kier alpha value is -2.74. The molecular formula is C23H22Cl2N2O4S. The third kappa shape index (κ3) is 6.16. The first-order chi connectivity index (χ1) is 15.3. The number of hydrogen-bond acceptors (Lipinski definition) is 4. The second kappa shape index (κ2) is 10.7. The van der Waals surface area contributed by atoms with Crippen molar-refractivity contribution in [3.05, 3.63) is 88.4 Å². The molecule has 0 heterocycles. The number of aryl methyl sites for hydroxylation is 1. The average Bonchev–Trinajstić information content (AvgIpc) is 2.76. The third-order valence-electron chi connectivity index (χ3n) is 4.50. The monoisotopic (exact) mass is 492 g/mol. The van der Waals surface area contributed by atoms with Gasteiger partial charge in [-0.3, -0.25) is 9.10 Å². The van der Waals surface area contributed by atoms with E-state index in [1.165, 1.54) is 24.3 Å². The van der Waals surface area contributed by atoms with Crippen LogP contribution in [0.15, 0.2) is 77.7 Å². The van der Waals surface area contributed by atoms with E-state index >= 15 is 0 Å². The summed E-state index contributed by atoms with van der Waals surface area (Å²) in [5.41, 5.74) is 1.26. The molecule has 3 rings (SSSR count). The Morgan fingerprint density at radius 1 is 1.00 bits per heavy atom. The minimum Gasteiger partial charge on any atom is -0.490 e. The number of benzene rings is 3. The van der Waals surface area contributed by atoms with Crippen LogP contribution in [0, 0.1) is 6.92 Å². The van der Waals surface area contributed by atoms with Gasteiger partial charge < -0.3 is 10.1 Å². The molecule has 0 radical (unpaired) electrons. The van der Waals surface area contributed by atoms with E-state index in [0.29, 0.717) is 21.5 Å². The molecule has 0 atom stereocenters. The van der Waals surface area contributed by atoms with Crippen LogP contribution in [-0.4, -0.2) is 34.0 Å². The molecule has 0 fully saturated rings. The summed E-state index contributed by atoms with van der Waals surface area (Å²) in [5, 5.41) is 3.58. The smallest absolute Gasteiger partial charge is 0.264 e. The van der Waals surface area contributed by atoms with E-state index in [4.69, 9.17) is 27.9 Å². The number of ether oxygens (including phenoxy) is 1. The van der Waals surface area contributed by atoms with Crippen molar-refractivity contribution in [2.45, 2.75) is 11.8 Å². The van der Waals surface area contributed by atoms with E-state index in [1.807, 2.05) is 13.0 Å². The molecule has 1 amide bonds. The van der Waals surface area contributed by atoms with E-state index < -0.39 is 15.9 Å². The number of anilines is 1. The van der Waals surface area contributed by atoms with Crippen molar-refractivity contribution in [1.29, 1.82) is 0 Å². The summed E-state index contributed by atoms with van der Waals surface area (Å²) in [4.78, 5) is 12.6. The maximum atomic E-state index is 13.3. The lowest BCUT2D eigenvalue weighted by atomic mass is 10.2. The number of para-hydroxylation sites is 1. The van der Waals surface area contributed by atoms with Gasteiger partial charge in [0.2, 0.25) is 5.91 Å². The topological polar surface area (TPSA) is 75.7 Å². The summed E-state index contributed by atoms with van der Waals surface area (Å²) in [5.74, 6) is 0.0434. The maximum absolute atomic E-state index is 13.3. The predicted molar refractivity (Wildman–Crippen MR) is 127 cm³/mol. The van der Waals surface area contributed by atoms with Crippen LogP contribution in [0.4, 0.5) is 5.69 Å². The molecule has 0 unspecified atom stereocenters. The van der Waals surface area contributed by atoms with Gasteiger partial charge in [0.15, 0.2) is 0 Å². The van der Waals surface area contributed by atoms with Gasteiger partial charge in [0.1, 0.15) is 18.9 Å². The second-order valence-electron chi connectivity index (χ2n) is 6.93. The van der Waals surface area contributed by atoms with Gasteiger partial charge in [0, 0.05) is 5.02 Å². The fraction of sp³-hybridized carbons (Fsp3) is 0.174. The molecule has 0 spiro atoms. The van der Waals surface area contributed by atoms with Crippen molar-refractivity contribution in [3.8, 4) is 5.75 Å². The first kappa shape index (κ1) is 23.9. The van der Waals surface area contributed by atoms with Gasteiger partial charge in [-0.15, -0.1) is 0 Å². The average molecular weight is 493 g/mol. The van der Waals surface area contributed by atoms with Crippen LogP contribution >= 0.6 is 23.2 Å². The van der Waals surface area contributed by atoms with Gasteiger partial charge in [-0.1, -0.05) is 47.5 Å². The van der Waals surface area contributed by atoms with E-state index in [9.17, 15) is 13.2 Å². The molecule has 32 heavy (non-hydrogen) atoms. The molecule has 3 aromatic rings. The van der Waals surface area contributed by atoms with Crippen LogP contribution < -0.4 is 14.4 Å². The molecule has 0 aliphatic carbocycles. The first-order valence-corrected chi connectivity index (χ1v) is 12.0. The van der Waals surface area contributed by atoms with E-state index in [2.05, 4.69) is 5.32 Å². The van der Waals surface area contributed by atoms with E-state index in [0.717, 1.165) is 9.87 Å². The molecule has 0 bridgehead atoms. The summed E-state index contributed by atoms with van der Waals surface area (Å²) < 4.78 is 33.2. The Balaban J connectivity index is 1.72. The molecule has 1 N–H and O–H groups in total. The van der Waals surface area contributed by atoms with Gasteiger partial charge in [0.25, 0.3) is 10.0 Å². The summed E-state index contributed by atoms with van der Waals surface area (Å²) in [6.45, 7) is 1.83. The van der Waals surface area contributed by atoms with Crippen LogP contribution in [0.25, 0.3) is 0 Å². The molecule has 0 saturated carbocycles. The van der Waals surface area contributed by atoms with Crippen LogP contribution in [0.1, 0.15) is 5.56 Å². The first-order valence-electron chi connectivity index (χ1n) is 9.76. The van der Waals surface area contributed by atoms with E-state index in [-0.39, 0.29) is 24.6 Å². The number of carbonyl (C=O) groups is 1. The summed E-state index contributed by atoms with van der Waals surface area (Å²) >= 11 is 11.9. The molecule has 0 saturated heterocycles. The molecular weight excluding hydrogens is 471 g/mol. The Bertz CT molecular complexity index is 1180. The molecule has 3 aromatic carbocycles. The lowest BCUT2D eigenvalue weighted by Gasteiger charge is -2.24. The van der Waals surface area contributed by atoms with Crippen LogP contribution in [0.3, 0.4) is 0 Å². The van der Waals surface area contributed by atoms with Crippen molar-refractivity contribution in [2.24, 2.45) is 0 Å². The molecule has 0 aromatic heterocycles. The Morgan fingerprint density at radius 3 is 2.41 bits per heavy atom. The minimum absolute atomic E-state index is 0.0401. The van der Waals surface area contributed by atoms with Gasteiger partial charge >= 0.3 is 0 Å². The van der Waals surface area contributed by atoms with Crippen LogP contribution in [0.2, 0.25) is 10.0 Å². The Kier molecular flexibility index (Phi) is 8.01. The largest absolute Gasteiger partial charge is 0.490 e. The second-order valence-corrected chi connectivity index (χ2v) is 9.64. The van der Waals surface area contributed by atoms with Crippen LogP contribution in [0.5, 0.6) is 5.75 Å². The van der Waals surface area contributed by atoms with Gasteiger partial charge in [0.05, 0.1) is 22.2 Å². The molecule has 9 heteroatoms. The fourth-order valence-electron chi connectivity index (χ4n) is 2.93. The zero-order chi connectivity index (χ0) is 23.1. The highest BCUT2D eigenvalue weighted by atomic mass is 35.5. The number of amides is 1. The number of rotatable bonds is 9. The van der Waals surface area contributed by atoms with Gasteiger partial charge in [-0.25, -0.2) is 8.42 Å². The number of carbonyl (C=O) groups excluding carboxylic acids is 1. The van der Waals surface area contributed by atoms with Gasteiger partial charge in [-0.05, 0) is 61.0 Å². The fourth-order valence-corrected chi connectivity index (χ4v) is 4.66. The van der Waals surface area contributed by atoms with E-state index in [1.54, 1.807) is 42.5 Å².